The Morgan fingerprint density at radius 2 is 2.12 bits per heavy atom. The third-order valence-corrected chi connectivity index (χ3v) is 2.68. The summed E-state index contributed by atoms with van der Waals surface area (Å²) in [5.74, 6) is -0.894. The van der Waals surface area contributed by atoms with Crippen molar-refractivity contribution in [2.24, 2.45) is 5.92 Å². The number of hydrogen-bond acceptors (Lipinski definition) is 2. The topological polar surface area (TPSA) is 57.6 Å². The molecule has 0 aliphatic heterocycles. The standard InChI is InChI=1S/C12H19NO3/c1-3-6-13(10-4-5-10)11(14)7-9(2)8-12(15)16/h3,9-10H,1,4-8H2,2H3,(H,15,16). The second kappa shape index (κ2) is 5.68. The lowest BCUT2D eigenvalue weighted by molar-refractivity contribution is -0.138. The van der Waals surface area contributed by atoms with Gasteiger partial charge in [0.1, 0.15) is 0 Å². The van der Waals surface area contributed by atoms with Gasteiger partial charge in [-0.05, 0) is 18.8 Å². The number of nitrogens with zero attached hydrogens (tertiary/aromatic N) is 1. The summed E-state index contributed by atoms with van der Waals surface area (Å²) in [6, 6.07) is 0.363. The number of carboxylic acid groups (broad SMARTS) is 1. The average molecular weight is 225 g/mol. The molecule has 0 heterocycles. The second-order valence-corrected chi connectivity index (χ2v) is 4.47. The van der Waals surface area contributed by atoms with Crippen molar-refractivity contribution in [2.45, 2.75) is 38.6 Å². The molecule has 0 aromatic heterocycles. The maximum atomic E-state index is 11.9. The number of carbonyl (C=O) groups is 2. The maximum absolute atomic E-state index is 11.9. The summed E-state index contributed by atoms with van der Waals surface area (Å²) in [6.07, 6.45) is 4.22. The molecule has 90 valence electrons. The number of carboxylic acids is 1. The van der Waals surface area contributed by atoms with Crippen LogP contribution >= 0.6 is 0 Å². The highest BCUT2D eigenvalue weighted by Gasteiger charge is 2.32. The zero-order valence-electron chi connectivity index (χ0n) is 9.69. The molecule has 4 nitrogen and oxygen atoms in total. The van der Waals surface area contributed by atoms with Gasteiger partial charge in [-0.3, -0.25) is 9.59 Å². The van der Waals surface area contributed by atoms with Crippen LogP contribution in [0.4, 0.5) is 0 Å². The molecule has 1 saturated carbocycles. The molecular weight excluding hydrogens is 206 g/mol. The Hall–Kier alpha value is -1.32. The van der Waals surface area contributed by atoms with Gasteiger partial charge < -0.3 is 10.0 Å². The molecule has 1 aliphatic rings. The van der Waals surface area contributed by atoms with E-state index in [4.69, 9.17) is 5.11 Å². The minimum Gasteiger partial charge on any atom is -0.481 e. The highest BCUT2D eigenvalue weighted by atomic mass is 16.4. The van der Waals surface area contributed by atoms with E-state index in [9.17, 15) is 9.59 Å². The third kappa shape index (κ3) is 4.04. The van der Waals surface area contributed by atoms with E-state index in [0.717, 1.165) is 12.8 Å². The van der Waals surface area contributed by atoms with Crippen molar-refractivity contribution in [1.29, 1.82) is 0 Å². The van der Waals surface area contributed by atoms with Crippen molar-refractivity contribution >= 4 is 11.9 Å². The zero-order valence-corrected chi connectivity index (χ0v) is 9.69. The molecule has 1 fully saturated rings. The largest absolute Gasteiger partial charge is 0.481 e. The van der Waals surface area contributed by atoms with Crippen molar-refractivity contribution in [3.05, 3.63) is 12.7 Å². The molecule has 0 saturated heterocycles. The van der Waals surface area contributed by atoms with Crippen LogP contribution in [0.3, 0.4) is 0 Å². The second-order valence-electron chi connectivity index (χ2n) is 4.47. The van der Waals surface area contributed by atoms with Gasteiger partial charge in [-0.2, -0.15) is 0 Å². The van der Waals surface area contributed by atoms with Crippen molar-refractivity contribution in [1.82, 2.24) is 4.90 Å². The van der Waals surface area contributed by atoms with E-state index in [1.165, 1.54) is 0 Å². The Labute approximate surface area is 95.9 Å². The van der Waals surface area contributed by atoms with Crippen LogP contribution in [-0.2, 0) is 9.59 Å². The predicted molar refractivity (Wildman–Crippen MR) is 61.0 cm³/mol. The van der Waals surface area contributed by atoms with Crippen LogP contribution in [0.2, 0.25) is 0 Å². The summed E-state index contributed by atoms with van der Waals surface area (Å²) >= 11 is 0. The van der Waals surface area contributed by atoms with E-state index >= 15 is 0 Å². The molecule has 0 bridgehead atoms. The smallest absolute Gasteiger partial charge is 0.303 e. The first-order valence-corrected chi connectivity index (χ1v) is 5.66. The first kappa shape index (κ1) is 12.7. The van der Waals surface area contributed by atoms with Crippen LogP contribution in [-0.4, -0.2) is 34.5 Å². The van der Waals surface area contributed by atoms with Gasteiger partial charge in [0, 0.05) is 25.4 Å². The predicted octanol–water partition coefficient (Wildman–Crippen LogP) is 1.66. The molecule has 1 atom stereocenters. The number of hydrogen-bond donors (Lipinski definition) is 1. The SMILES string of the molecule is C=CCN(C(=O)CC(C)CC(=O)O)C1CC1. The molecule has 16 heavy (non-hydrogen) atoms. The van der Waals surface area contributed by atoms with Crippen LogP contribution in [0.1, 0.15) is 32.6 Å². The van der Waals surface area contributed by atoms with Gasteiger partial charge >= 0.3 is 5.97 Å². The summed E-state index contributed by atoms with van der Waals surface area (Å²) in [4.78, 5) is 24.2. The van der Waals surface area contributed by atoms with Crippen molar-refractivity contribution in [3.63, 3.8) is 0 Å². The molecule has 1 aliphatic carbocycles. The van der Waals surface area contributed by atoms with Gasteiger partial charge in [0.15, 0.2) is 0 Å². The Kier molecular flexibility index (Phi) is 4.52. The molecular formula is C12H19NO3. The zero-order chi connectivity index (χ0) is 12.1. The van der Waals surface area contributed by atoms with E-state index in [0.29, 0.717) is 19.0 Å². The summed E-state index contributed by atoms with van der Waals surface area (Å²) < 4.78 is 0. The average Bonchev–Trinajstić information content (AvgIpc) is 2.95. The van der Waals surface area contributed by atoms with E-state index in [-0.39, 0.29) is 18.2 Å². The highest BCUT2D eigenvalue weighted by molar-refractivity contribution is 5.78. The van der Waals surface area contributed by atoms with Gasteiger partial charge in [-0.1, -0.05) is 13.0 Å². The molecule has 0 radical (unpaired) electrons. The Balaban J connectivity index is 2.41. The monoisotopic (exact) mass is 225 g/mol. The van der Waals surface area contributed by atoms with E-state index < -0.39 is 5.97 Å². The molecule has 0 aromatic rings. The van der Waals surface area contributed by atoms with Gasteiger partial charge in [0.25, 0.3) is 0 Å². The molecule has 4 heteroatoms. The van der Waals surface area contributed by atoms with Crippen LogP contribution in [0.5, 0.6) is 0 Å². The minimum atomic E-state index is -0.845. The first-order valence-electron chi connectivity index (χ1n) is 5.66. The summed E-state index contributed by atoms with van der Waals surface area (Å²) in [7, 11) is 0. The summed E-state index contributed by atoms with van der Waals surface area (Å²) in [6.45, 7) is 6.00. The van der Waals surface area contributed by atoms with Gasteiger partial charge in [-0.15, -0.1) is 6.58 Å². The lowest BCUT2D eigenvalue weighted by Crippen LogP contribution is -2.34. The minimum absolute atomic E-state index is 0.0520. The Morgan fingerprint density at radius 1 is 1.50 bits per heavy atom. The summed E-state index contributed by atoms with van der Waals surface area (Å²) in [5.41, 5.74) is 0. The highest BCUT2D eigenvalue weighted by Crippen LogP contribution is 2.28. The van der Waals surface area contributed by atoms with Gasteiger partial charge in [0.05, 0.1) is 0 Å². The maximum Gasteiger partial charge on any atom is 0.303 e. The van der Waals surface area contributed by atoms with Crippen molar-refractivity contribution in [2.75, 3.05) is 6.54 Å². The van der Waals surface area contributed by atoms with E-state index in [1.54, 1.807) is 13.0 Å². The molecule has 1 amide bonds. The number of amides is 1. The lowest BCUT2D eigenvalue weighted by atomic mass is 10.0. The van der Waals surface area contributed by atoms with Crippen LogP contribution in [0.25, 0.3) is 0 Å². The number of rotatable bonds is 7. The third-order valence-electron chi connectivity index (χ3n) is 2.68. The normalized spacial score (nSPS) is 16.6. The van der Waals surface area contributed by atoms with Crippen LogP contribution in [0, 0.1) is 5.92 Å². The van der Waals surface area contributed by atoms with Gasteiger partial charge in [0.2, 0.25) is 5.91 Å². The fourth-order valence-corrected chi connectivity index (χ4v) is 1.77. The van der Waals surface area contributed by atoms with Gasteiger partial charge in [-0.25, -0.2) is 0 Å². The molecule has 0 spiro atoms. The number of aliphatic carboxylic acids is 1. The Bertz CT molecular complexity index is 284. The van der Waals surface area contributed by atoms with E-state index in [1.807, 2.05) is 4.90 Å². The van der Waals surface area contributed by atoms with Crippen molar-refractivity contribution < 1.29 is 14.7 Å². The van der Waals surface area contributed by atoms with Crippen LogP contribution < -0.4 is 0 Å². The molecule has 1 rings (SSSR count). The first-order chi connectivity index (χ1) is 7.54. The van der Waals surface area contributed by atoms with Crippen LogP contribution in [0.15, 0.2) is 12.7 Å². The lowest BCUT2D eigenvalue weighted by Gasteiger charge is -2.22. The fourth-order valence-electron chi connectivity index (χ4n) is 1.77. The fraction of sp³-hybridized carbons (Fsp3) is 0.667. The quantitative estimate of drug-likeness (QED) is 0.670. The summed E-state index contributed by atoms with van der Waals surface area (Å²) in [5, 5.41) is 8.62. The Morgan fingerprint density at radius 3 is 2.56 bits per heavy atom. The van der Waals surface area contributed by atoms with Crippen molar-refractivity contribution in [3.8, 4) is 0 Å². The van der Waals surface area contributed by atoms with E-state index in [2.05, 4.69) is 6.58 Å². The molecule has 1 unspecified atom stereocenters. The number of carbonyl (C=O) groups excluding carboxylic acids is 1. The molecule has 0 aromatic carbocycles. The molecule has 1 N–H and O–H groups in total.